The summed E-state index contributed by atoms with van der Waals surface area (Å²) in [7, 11) is 0. The predicted octanol–water partition coefficient (Wildman–Crippen LogP) is 17.0. The third-order valence-electron chi connectivity index (χ3n) is 16.3. The highest BCUT2D eigenvalue weighted by Crippen LogP contribution is 2.49. The molecule has 0 amide bonds. The molecule has 0 spiro atoms. The van der Waals surface area contributed by atoms with Crippen molar-refractivity contribution >= 4 is 49.7 Å². The Morgan fingerprint density at radius 1 is 0.205 bits per heavy atom. The first kappa shape index (κ1) is 43.8. The van der Waals surface area contributed by atoms with E-state index in [4.69, 9.17) is 15.0 Å². The van der Waals surface area contributed by atoms with Gasteiger partial charge in [0.1, 0.15) is 0 Å². The number of nitrogens with zero attached hydrogens (tertiary/aromatic N) is 3. The summed E-state index contributed by atoms with van der Waals surface area (Å²) in [5.41, 5.74) is 20.4. The van der Waals surface area contributed by atoms with Crippen LogP contribution < -0.4 is 0 Å². The Bertz CT molecular complexity index is 4380. The van der Waals surface area contributed by atoms with Crippen molar-refractivity contribution in [2.24, 2.45) is 0 Å². The molecule has 0 aliphatic heterocycles. The van der Waals surface area contributed by atoms with Crippen LogP contribution >= 0.6 is 0 Å². The molecule has 10 aromatic carbocycles. The van der Waals surface area contributed by atoms with E-state index in [1.807, 2.05) is 128 Å². The zero-order valence-corrected chi connectivity index (χ0v) is 41.6. The first-order chi connectivity index (χ1) is 38.5. The smallest absolute Gasteiger partial charge is 0.194 e. The van der Waals surface area contributed by atoms with E-state index in [9.17, 15) is 14.4 Å². The van der Waals surface area contributed by atoms with E-state index in [-0.39, 0.29) is 17.3 Å². The minimum atomic E-state index is -0.00421. The van der Waals surface area contributed by atoms with Crippen LogP contribution in [0.4, 0.5) is 0 Å². The van der Waals surface area contributed by atoms with Crippen molar-refractivity contribution in [2.45, 2.75) is 0 Å². The first-order valence-corrected chi connectivity index (χ1v) is 26.1. The van der Waals surface area contributed by atoms with Crippen LogP contribution in [0.1, 0.15) is 47.8 Å². The molecule has 16 rings (SSSR count). The highest BCUT2D eigenvalue weighted by atomic mass is 16.1. The van der Waals surface area contributed by atoms with Gasteiger partial charge in [-0.25, -0.2) is 0 Å². The van der Waals surface area contributed by atoms with Gasteiger partial charge in [0.25, 0.3) is 0 Å². The van der Waals surface area contributed by atoms with E-state index in [2.05, 4.69) is 109 Å². The topological polar surface area (TPSA) is 89.9 Å². The fraction of sp³-hybridized carbons (Fsp3) is 0. The number of benzene rings is 10. The first-order valence-electron chi connectivity index (χ1n) is 26.1. The summed E-state index contributed by atoms with van der Waals surface area (Å²) in [6.45, 7) is 0. The summed E-state index contributed by atoms with van der Waals surface area (Å²) in [6, 6.07) is 73.4. The van der Waals surface area contributed by atoms with Crippen LogP contribution in [0.25, 0.3) is 133 Å². The van der Waals surface area contributed by atoms with Crippen molar-refractivity contribution in [3.63, 3.8) is 0 Å². The average molecular weight is 994 g/mol. The molecule has 0 atom stereocenters. The zero-order chi connectivity index (χ0) is 51.8. The quantitative estimate of drug-likeness (QED) is 0.165. The van der Waals surface area contributed by atoms with Gasteiger partial charge in [-0.2, -0.15) is 0 Å². The summed E-state index contributed by atoms with van der Waals surface area (Å²) in [5, 5.41) is 5.41. The van der Waals surface area contributed by atoms with E-state index in [1.54, 1.807) is 0 Å². The number of aromatic nitrogens is 3. The normalized spacial score (nSPS) is 12.7. The molecule has 0 saturated carbocycles. The second-order valence-corrected chi connectivity index (χ2v) is 20.3. The van der Waals surface area contributed by atoms with Crippen LogP contribution in [0.2, 0.25) is 0 Å². The lowest BCUT2D eigenvalue weighted by atomic mass is 9.82. The van der Waals surface area contributed by atoms with E-state index in [0.29, 0.717) is 33.4 Å². The number of carbonyl (C=O) groups is 3. The second kappa shape index (κ2) is 16.7. The minimum Gasteiger partial charge on any atom is -0.289 e. The van der Waals surface area contributed by atoms with Gasteiger partial charge >= 0.3 is 0 Å². The number of carbonyl (C=O) groups excluding carboxylic acids is 3. The molecule has 3 aromatic heterocycles. The van der Waals surface area contributed by atoms with E-state index < -0.39 is 0 Å². The van der Waals surface area contributed by atoms with Crippen LogP contribution in [0.3, 0.4) is 0 Å². The maximum absolute atomic E-state index is 14.1. The highest BCUT2D eigenvalue weighted by molar-refractivity contribution is 6.29. The number of hydrogen-bond donors (Lipinski definition) is 0. The van der Waals surface area contributed by atoms with Gasteiger partial charge in [-0.05, 0) is 84.4 Å². The molecule has 0 unspecified atom stereocenters. The van der Waals surface area contributed by atoms with Gasteiger partial charge in [0.2, 0.25) is 0 Å². The Morgan fingerprint density at radius 2 is 0.436 bits per heavy atom. The third kappa shape index (κ3) is 6.25. The largest absolute Gasteiger partial charge is 0.289 e. The van der Waals surface area contributed by atoms with Gasteiger partial charge in [-0.1, -0.05) is 200 Å². The van der Waals surface area contributed by atoms with Crippen LogP contribution in [0.5, 0.6) is 0 Å². The molecule has 6 nitrogen and oxygen atoms in total. The third-order valence-corrected chi connectivity index (χ3v) is 16.3. The van der Waals surface area contributed by atoms with Gasteiger partial charge < -0.3 is 0 Å². The molecule has 3 aliphatic carbocycles. The Morgan fingerprint density at radius 3 is 0.718 bits per heavy atom. The van der Waals surface area contributed by atoms with Gasteiger partial charge in [0, 0.05) is 102 Å². The molecule has 360 valence electrons. The van der Waals surface area contributed by atoms with Crippen LogP contribution in [-0.4, -0.2) is 32.3 Å². The lowest BCUT2D eigenvalue weighted by Crippen LogP contribution is -2.11. The van der Waals surface area contributed by atoms with Crippen molar-refractivity contribution in [1.29, 1.82) is 0 Å². The van der Waals surface area contributed by atoms with Gasteiger partial charge in [-0.15, -0.1) is 0 Å². The molecular formula is C72H39N3O3. The van der Waals surface area contributed by atoms with Crippen molar-refractivity contribution in [3.05, 3.63) is 270 Å². The molecule has 78 heavy (non-hydrogen) atoms. The highest BCUT2D eigenvalue weighted by Gasteiger charge is 2.31. The Hall–Kier alpha value is -10.6. The SMILES string of the molecule is O=C1c2ccccc2-c2ncc(-c3ccccc3-c3cc(-c4ccccc4-c4cnc5c6c(cccc46)C(=O)c4ccccc4-5)cc(-c4ccccc4-c4cnc5c6c(cccc46)C(=O)c4ccccc4-5)c3)c3cccc1c23. The van der Waals surface area contributed by atoms with E-state index >= 15 is 0 Å². The second-order valence-electron chi connectivity index (χ2n) is 20.3. The van der Waals surface area contributed by atoms with E-state index in [0.717, 1.165) is 133 Å². The van der Waals surface area contributed by atoms with Gasteiger partial charge in [0.15, 0.2) is 17.3 Å². The minimum absolute atomic E-state index is 0.00421. The number of rotatable bonds is 6. The Balaban J connectivity index is 0.937. The van der Waals surface area contributed by atoms with Crippen molar-refractivity contribution < 1.29 is 14.4 Å². The predicted molar refractivity (Wildman–Crippen MR) is 312 cm³/mol. The van der Waals surface area contributed by atoms with Gasteiger partial charge in [-0.3, -0.25) is 29.3 Å². The summed E-state index contributed by atoms with van der Waals surface area (Å²) in [5.74, 6) is -0.0126. The fourth-order valence-corrected chi connectivity index (χ4v) is 12.8. The molecule has 0 fully saturated rings. The number of pyridine rings is 3. The Labute approximate surface area is 447 Å². The van der Waals surface area contributed by atoms with E-state index in [1.165, 1.54) is 0 Å². The van der Waals surface area contributed by atoms with Crippen LogP contribution in [-0.2, 0) is 0 Å². The molecule has 0 bridgehead atoms. The summed E-state index contributed by atoms with van der Waals surface area (Å²) < 4.78 is 0. The summed E-state index contributed by atoms with van der Waals surface area (Å²) in [4.78, 5) is 57.9. The monoisotopic (exact) mass is 993 g/mol. The standard InChI is InChI=1S/C72H39N3O3/c76-70-55-25-10-7-22-52(55)67-64-49(28-13-31-58(64)70)61(37-73-67)46-19-4-1-16-43(46)40-34-41(44-17-2-5-20-47(44)62-38-74-68-53-23-8-11-26-56(53)71(77)59-32-14-29-50(62)65(59)68)36-42(35-40)45-18-3-6-21-48(45)63-39-75-69-54-24-9-12-27-57(54)72(78)60-33-15-30-51(63)66(60)69/h1-39H. The molecule has 13 aromatic rings. The molecule has 0 radical (unpaired) electrons. The zero-order valence-electron chi connectivity index (χ0n) is 41.6. The van der Waals surface area contributed by atoms with Gasteiger partial charge in [0.05, 0.1) is 17.1 Å². The lowest BCUT2D eigenvalue weighted by Gasteiger charge is -2.22. The number of hydrogen-bond acceptors (Lipinski definition) is 6. The number of ketones is 3. The van der Waals surface area contributed by atoms with Crippen molar-refractivity contribution in [1.82, 2.24) is 15.0 Å². The van der Waals surface area contributed by atoms with Crippen molar-refractivity contribution in [3.8, 4) is 101 Å². The van der Waals surface area contributed by atoms with Crippen LogP contribution in [0, 0.1) is 0 Å². The molecular weight excluding hydrogens is 955 g/mol. The average Bonchev–Trinajstić information content (AvgIpc) is 3.65. The number of fused-ring (bicyclic) bond motifs is 6. The summed E-state index contributed by atoms with van der Waals surface area (Å²) in [6.07, 6.45) is 5.89. The lowest BCUT2D eigenvalue weighted by molar-refractivity contribution is 0.103. The Kier molecular flexibility index (Phi) is 9.39. The molecule has 3 heterocycles. The molecule has 0 N–H and O–H groups in total. The van der Waals surface area contributed by atoms with Crippen LogP contribution in [0.15, 0.2) is 237 Å². The molecule has 3 aliphatic rings. The maximum atomic E-state index is 14.1. The van der Waals surface area contributed by atoms with Crippen molar-refractivity contribution in [2.75, 3.05) is 0 Å². The summed E-state index contributed by atoms with van der Waals surface area (Å²) >= 11 is 0. The molecule has 0 saturated heterocycles. The maximum Gasteiger partial charge on any atom is 0.194 e. The molecule has 6 heteroatoms. The fourth-order valence-electron chi connectivity index (χ4n) is 12.8.